The van der Waals surface area contributed by atoms with Crippen molar-refractivity contribution in [3.8, 4) is 0 Å². The third-order valence-electron chi connectivity index (χ3n) is 3.44. The molecule has 1 aliphatic carbocycles. The molecule has 0 amide bonds. The second kappa shape index (κ2) is 3.73. The summed E-state index contributed by atoms with van der Waals surface area (Å²) < 4.78 is 0. The van der Waals surface area contributed by atoms with Crippen molar-refractivity contribution in [1.29, 1.82) is 0 Å². The number of nitrogens with zero attached hydrogens (tertiary/aromatic N) is 1. The topological polar surface area (TPSA) is 40.7 Å². The van der Waals surface area contributed by atoms with Gasteiger partial charge in [0.15, 0.2) is 0 Å². The first-order valence-corrected chi connectivity index (χ1v) is 5.42. The van der Waals surface area contributed by atoms with Gasteiger partial charge in [-0.1, -0.05) is 13.8 Å². The molecule has 0 atom stereocenters. The fourth-order valence-corrected chi connectivity index (χ4v) is 1.94. The Kier molecular flexibility index (Phi) is 2.59. The Hall–Kier alpha value is -0.830. The summed E-state index contributed by atoms with van der Waals surface area (Å²) in [6, 6.07) is 0. The van der Waals surface area contributed by atoms with Crippen LogP contribution in [0.2, 0.25) is 0 Å². The van der Waals surface area contributed by atoms with Crippen LogP contribution in [0, 0.1) is 11.3 Å². The second-order valence-corrected chi connectivity index (χ2v) is 4.66. The normalized spacial score (nSPS) is 18.8. The van der Waals surface area contributed by atoms with E-state index in [1.807, 2.05) is 6.20 Å². The molecule has 2 rings (SSSR count). The lowest BCUT2D eigenvalue weighted by Crippen LogP contribution is -2.27. The van der Waals surface area contributed by atoms with Crippen LogP contribution >= 0.6 is 0 Å². The molecule has 1 heterocycles. The van der Waals surface area contributed by atoms with Crippen molar-refractivity contribution in [3.63, 3.8) is 0 Å². The molecule has 3 nitrogen and oxygen atoms in total. The SMILES string of the molecule is CC(C)C1(CNCc2ncc[nH]2)CC1. The Morgan fingerprint density at radius 1 is 1.57 bits per heavy atom. The minimum Gasteiger partial charge on any atom is -0.348 e. The molecular weight excluding hydrogens is 174 g/mol. The van der Waals surface area contributed by atoms with Crippen molar-refractivity contribution in [2.45, 2.75) is 33.2 Å². The molecule has 0 radical (unpaired) electrons. The number of H-pyrrole nitrogens is 1. The first-order chi connectivity index (χ1) is 6.73. The van der Waals surface area contributed by atoms with Gasteiger partial charge >= 0.3 is 0 Å². The van der Waals surface area contributed by atoms with Gasteiger partial charge in [0, 0.05) is 18.9 Å². The molecule has 0 unspecified atom stereocenters. The largest absolute Gasteiger partial charge is 0.348 e. The zero-order valence-corrected chi connectivity index (χ0v) is 9.01. The summed E-state index contributed by atoms with van der Waals surface area (Å²) in [7, 11) is 0. The van der Waals surface area contributed by atoms with Gasteiger partial charge < -0.3 is 10.3 Å². The summed E-state index contributed by atoms with van der Waals surface area (Å²) >= 11 is 0. The Labute approximate surface area is 85.3 Å². The predicted molar refractivity (Wildman–Crippen MR) is 56.8 cm³/mol. The molecule has 1 aromatic heterocycles. The maximum absolute atomic E-state index is 4.18. The number of rotatable bonds is 5. The summed E-state index contributed by atoms with van der Waals surface area (Å²) in [4.78, 5) is 7.28. The third-order valence-corrected chi connectivity index (χ3v) is 3.44. The summed E-state index contributed by atoms with van der Waals surface area (Å²) in [5, 5.41) is 3.48. The number of nitrogens with one attached hydrogen (secondary N) is 2. The quantitative estimate of drug-likeness (QED) is 0.750. The molecule has 2 N–H and O–H groups in total. The summed E-state index contributed by atoms with van der Waals surface area (Å²) in [6.07, 6.45) is 6.43. The van der Waals surface area contributed by atoms with E-state index in [1.165, 1.54) is 12.8 Å². The smallest absolute Gasteiger partial charge is 0.120 e. The van der Waals surface area contributed by atoms with Gasteiger partial charge in [0.05, 0.1) is 6.54 Å². The molecule has 0 aliphatic heterocycles. The molecule has 0 aromatic carbocycles. The number of aromatic amines is 1. The summed E-state index contributed by atoms with van der Waals surface area (Å²) in [5.41, 5.74) is 0.590. The highest BCUT2D eigenvalue weighted by Gasteiger charge is 2.44. The van der Waals surface area contributed by atoms with Crippen LogP contribution in [-0.4, -0.2) is 16.5 Å². The lowest BCUT2D eigenvalue weighted by atomic mass is 9.92. The Bertz CT molecular complexity index is 273. The maximum atomic E-state index is 4.18. The fourth-order valence-electron chi connectivity index (χ4n) is 1.94. The van der Waals surface area contributed by atoms with Gasteiger partial charge in [0.25, 0.3) is 0 Å². The van der Waals surface area contributed by atoms with Gasteiger partial charge in [-0.2, -0.15) is 0 Å². The molecule has 0 saturated heterocycles. The van der Waals surface area contributed by atoms with E-state index in [0.717, 1.165) is 24.8 Å². The molecule has 1 aliphatic rings. The first-order valence-electron chi connectivity index (χ1n) is 5.42. The van der Waals surface area contributed by atoms with Gasteiger partial charge in [-0.25, -0.2) is 4.98 Å². The monoisotopic (exact) mass is 193 g/mol. The summed E-state index contributed by atoms with van der Waals surface area (Å²) in [6.45, 7) is 6.63. The number of aromatic nitrogens is 2. The molecule has 1 saturated carbocycles. The van der Waals surface area contributed by atoms with Gasteiger partial charge in [0.2, 0.25) is 0 Å². The Morgan fingerprint density at radius 2 is 2.36 bits per heavy atom. The highest BCUT2D eigenvalue weighted by molar-refractivity contribution is 4.97. The number of hydrogen-bond acceptors (Lipinski definition) is 2. The van der Waals surface area contributed by atoms with E-state index >= 15 is 0 Å². The maximum Gasteiger partial charge on any atom is 0.120 e. The lowest BCUT2D eigenvalue weighted by Gasteiger charge is -2.19. The van der Waals surface area contributed by atoms with Crippen LogP contribution in [-0.2, 0) is 6.54 Å². The minimum atomic E-state index is 0.590. The van der Waals surface area contributed by atoms with Crippen molar-refractivity contribution >= 4 is 0 Å². The van der Waals surface area contributed by atoms with Crippen molar-refractivity contribution in [3.05, 3.63) is 18.2 Å². The van der Waals surface area contributed by atoms with Crippen molar-refractivity contribution in [1.82, 2.24) is 15.3 Å². The highest BCUT2D eigenvalue weighted by Crippen LogP contribution is 2.51. The van der Waals surface area contributed by atoms with Gasteiger partial charge in [-0.15, -0.1) is 0 Å². The van der Waals surface area contributed by atoms with Gasteiger partial charge in [-0.05, 0) is 24.2 Å². The molecule has 78 valence electrons. The number of hydrogen-bond donors (Lipinski definition) is 2. The number of imidazole rings is 1. The predicted octanol–water partition coefficient (Wildman–Crippen LogP) is 1.94. The molecule has 1 aromatic rings. The molecule has 3 heteroatoms. The van der Waals surface area contributed by atoms with E-state index in [-0.39, 0.29) is 0 Å². The molecule has 0 bridgehead atoms. The van der Waals surface area contributed by atoms with Crippen LogP contribution in [0.1, 0.15) is 32.5 Å². The first kappa shape index (κ1) is 9.71. The van der Waals surface area contributed by atoms with Crippen molar-refractivity contribution in [2.75, 3.05) is 6.54 Å². The van der Waals surface area contributed by atoms with E-state index in [4.69, 9.17) is 0 Å². The molecular formula is C11H19N3. The van der Waals surface area contributed by atoms with Crippen LogP contribution in [0.15, 0.2) is 12.4 Å². The van der Waals surface area contributed by atoms with E-state index in [0.29, 0.717) is 5.41 Å². The zero-order valence-electron chi connectivity index (χ0n) is 9.01. The van der Waals surface area contributed by atoms with E-state index in [1.54, 1.807) is 6.20 Å². The fraction of sp³-hybridized carbons (Fsp3) is 0.727. The van der Waals surface area contributed by atoms with Crippen LogP contribution in [0.5, 0.6) is 0 Å². The van der Waals surface area contributed by atoms with Crippen LogP contribution in [0.3, 0.4) is 0 Å². The highest BCUT2D eigenvalue weighted by atomic mass is 15.0. The average Bonchev–Trinajstić information content (AvgIpc) is 2.76. The second-order valence-electron chi connectivity index (χ2n) is 4.66. The molecule has 1 fully saturated rings. The standard InChI is InChI=1S/C11H19N3/c1-9(2)11(3-4-11)8-12-7-10-13-5-6-14-10/h5-6,9,12H,3-4,7-8H2,1-2H3,(H,13,14). The van der Waals surface area contributed by atoms with E-state index in [9.17, 15) is 0 Å². The lowest BCUT2D eigenvalue weighted by molar-refractivity contribution is 0.336. The average molecular weight is 193 g/mol. The van der Waals surface area contributed by atoms with Gasteiger partial charge in [0.1, 0.15) is 5.82 Å². The van der Waals surface area contributed by atoms with E-state index in [2.05, 4.69) is 29.1 Å². The van der Waals surface area contributed by atoms with Crippen LogP contribution < -0.4 is 5.32 Å². The Morgan fingerprint density at radius 3 is 2.86 bits per heavy atom. The molecule has 14 heavy (non-hydrogen) atoms. The zero-order chi connectivity index (χ0) is 10.0. The molecule has 0 spiro atoms. The van der Waals surface area contributed by atoms with Crippen molar-refractivity contribution in [2.24, 2.45) is 11.3 Å². The van der Waals surface area contributed by atoms with Gasteiger partial charge in [-0.3, -0.25) is 0 Å². The van der Waals surface area contributed by atoms with Crippen LogP contribution in [0.25, 0.3) is 0 Å². The van der Waals surface area contributed by atoms with Crippen molar-refractivity contribution < 1.29 is 0 Å². The Balaban J connectivity index is 1.73. The minimum absolute atomic E-state index is 0.590. The van der Waals surface area contributed by atoms with E-state index < -0.39 is 0 Å². The third kappa shape index (κ3) is 1.98. The summed E-state index contributed by atoms with van der Waals surface area (Å²) in [5.74, 6) is 1.83. The van der Waals surface area contributed by atoms with Crippen LogP contribution in [0.4, 0.5) is 0 Å².